The average molecular weight is 243 g/mol. The van der Waals surface area contributed by atoms with Gasteiger partial charge in [-0.2, -0.15) is 0 Å². The molecule has 2 nitrogen and oxygen atoms in total. The number of halogens is 1. The maximum atomic E-state index is 7.28. The summed E-state index contributed by atoms with van der Waals surface area (Å²) in [5.74, 6) is 0.237. The first-order chi connectivity index (χ1) is 7.13. The summed E-state index contributed by atoms with van der Waals surface area (Å²) in [7, 11) is 0. The fraction of sp³-hybridized carbons (Fsp3) is 0.364. The standard InChI is InChI=1S/C11H15ClN2S/c1-2-8(7-11(13)14)15-10-6-4-3-5-9(10)12/h3-6,8H,2,7H2,1H3,(H3,13,14). The Morgan fingerprint density at radius 1 is 1.53 bits per heavy atom. The molecule has 0 radical (unpaired) electrons. The predicted molar refractivity (Wildman–Crippen MR) is 67.9 cm³/mol. The van der Waals surface area contributed by atoms with Crippen LogP contribution in [0, 0.1) is 5.41 Å². The minimum atomic E-state index is 0.237. The molecule has 0 heterocycles. The molecule has 4 heteroatoms. The second-order valence-electron chi connectivity index (χ2n) is 3.31. The molecule has 0 bridgehead atoms. The third-order valence-corrected chi connectivity index (χ3v) is 3.92. The van der Waals surface area contributed by atoms with Crippen molar-refractivity contribution in [3.8, 4) is 0 Å². The minimum Gasteiger partial charge on any atom is -0.388 e. The van der Waals surface area contributed by atoms with Gasteiger partial charge in [0.25, 0.3) is 0 Å². The summed E-state index contributed by atoms with van der Waals surface area (Å²) >= 11 is 7.75. The first kappa shape index (κ1) is 12.4. The molecule has 1 aromatic rings. The fourth-order valence-electron chi connectivity index (χ4n) is 1.23. The Labute approximate surface area is 99.7 Å². The summed E-state index contributed by atoms with van der Waals surface area (Å²) in [5.41, 5.74) is 5.40. The molecule has 1 unspecified atom stereocenters. The molecule has 1 rings (SSSR count). The lowest BCUT2D eigenvalue weighted by Crippen LogP contribution is -2.16. The van der Waals surface area contributed by atoms with E-state index in [0.29, 0.717) is 11.7 Å². The van der Waals surface area contributed by atoms with Gasteiger partial charge >= 0.3 is 0 Å². The molecule has 1 aromatic carbocycles. The molecule has 0 aliphatic rings. The molecular weight excluding hydrogens is 228 g/mol. The van der Waals surface area contributed by atoms with Gasteiger partial charge in [-0.3, -0.25) is 5.41 Å². The van der Waals surface area contributed by atoms with Gasteiger partial charge < -0.3 is 5.73 Å². The second kappa shape index (κ2) is 6.03. The zero-order valence-corrected chi connectivity index (χ0v) is 10.2. The Morgan fingerprint density at radius 3 is 2.73 bits per heavy atom. The van der Waals surface area contributed by atoms with E-state index < -0.39 is 0 Å². The Balaban J connectivity index is 2.66. The Kier molecular flexibility index (Phi) is 4.99. The van der Waals surface area contributed by atoms with Crippen molar-refractivity contribution >= 4 is 29.2 Å². The highest BCUT2D eigenvalue weighted by Crippen LogP contribution is 2.32. The molecule has 1 atom stereocenters. The maximum Gasteiger partial charge on any atom is 0.0916 e. The molecule has 0 fully saturated rings. The molecular formula is C11H15ClN2S. The van der Waals surface area contributed by atoms with Crippen molar-refractivity contribution in [2.24, 2.45) is 5.73 Å². The number of amidine groups is 1. The number of nitrogens with two attached hydrogens (primary N) is 1. The summed E-state index contributed by atoms with van der Waals surface area (Å²) in [5, 5.41) is 8.38. The fourth-order valence-corrected chi connectivity index (χ4v) is 2.63. The number of nitrogens with one attached hydrogen (secondary N) is 1. The van der Waals surface area contributed by atoms with Crippen LogP contribution in [0.3, 0.4) is 0 Å². The van der Waals surface area contributed by atoms with Crippen LogP contribution in [0.5, 0.6) is 0 Å². The van der Waals surface area contributed by atoms with Crippen LogP contribution in [-0.2, 0) is 0 Å². The zero-order chi connectivity index (χ0) is 11.3. The lowest BCUT2D eigenvalue weighted by Gasteiger charge is -2.14. The topological polar surface area (TPSA) is 49.9 Å². The van der Waals surface area contributed by atoms with Crippen molar-refractivity contribution in [1.29, 1.82) is 5.41 Å². The van der Waals surface area contributed by atoms with Gasteiger partial charge in [0, 0.05) is 16.6 Å². The first-order valence-electron chi connectivity index (χ1n) is 4.87. The third-order valence-electron chi connectivity index (χ3n) is 2.03. The normalized spacial score (nSPS) is 12.4. The molecule has 3 N–H and O–H groups in total. The van der Waals surface area contributed by atoms with Gasteiger partial charge in [0.05, 0.1) is 10.9 Å². The van der Waals surface area contributed by atoms with Gasteiger partial charge in [-0.25, -0.2) is 0 Å². The largest absolute Gasteiger partial charge is 0.388 e. The molecule has 0 saturated carbocycles. The number of rotatable bonds is 5. The van der Waals surface area contributed by atoms with E-state index in [1.54, 1.807) is 11.8 Å². The molecule has 82 valence electrons. The van der Waals surface area contributed by atoms with Gasteiger partial charge in [0.1, 0.15) is 0 Å². The number of hydrogen-bond donors (Lipinski definition) is 2. The van der Waals surface area contributed by atoms with Crippen molar-refractivity contribution in [3.63, 3.8) is 0 Å². The first-order valence-corrected chi connectivity index (χ1v) is 6.13. The van der Waals surface area contributed by atoms with Crippen molar-refractivity contribution in [2.75, 3.05) is 0 Å². The smallest absolute Gasteiger partial charge is 0.0916 e. The van der Waals surface area contributed by atoms with E-state index in [1.807, 2.05) is 24.3 Å². The molecule has 0 aliphatic carbocycles. The van der Waals surface area contributed by atoms with E-state index in [2.05, 4.69) is 6.92 Å². The van der Waals surface area contributed by atoms with E-state index in [1.165, 1.54) is 0 Å². The van der Waals surface area contributed by atoms with Crippen LogP contribution in [0.1, 0.15) is 19.8 Å². The van der Waals surface area contributed by atoms with Gasteiger partial charge in [0.15, 0.2) is 0 Å². The molecule has 15 heavy (non-hydrogen) atoms. The minimum absolute atomic E-state index is 0.237. The van der Waals surface area contributed by atoms with E-state index in [4.69, 9.17) is 22.7 Å². The van der Waals surface area contributed by atoms with Crippen molar-refractivity contribution in [2.45, 2.75) is 29.9 Å². The predicted octanol–water partition coefficient (Wildman–Crippen LogP) is 3.54. The van der Waals surface area contributed by atoms with E-state index in [0.717, 1.165) is 16.3 Å². The monoisotopic (exact) mass is 242 g/mol. The molecule has 0 saturated heterocycles. The lowest BCUT2D eigenvalue weighted by molar-refractivity contribution is 0.849. The summed E-state index contributed by atoms with van der Waals surface area (Å²) in [6.45, 7) is 2.09. The number of benzene rings is 1. The highest BCUT2D eigenvalue weighted by atomic mass is 35.5. The van der Waals surface area contributed by atoms with E-state index in [9.17, 15) is 0 Å². The SMILES string of the molecule is CCC(CC(=N)N)Sc1ccccc1Cl. The quantitative estimate of drug-likeness (QED) is 0.471. The summed E-state index contributed by atoms with van der Waals surface area (Å²) in [6.07, 6.45) is 1.60. The van der Waals surface area contributed by atoms with Crippen LogP contribution in [0.25, 0.3) is 0 Å². The second-order valence-corrected chi connectivity index (χ2v) is 5.06. The third kappa shape index (κ3) is 4.14. The van der Waals surface area contributed by atoms with Crippen LogP contribution in [0.15, 0.2) is 29.2 Å². The average Bonchev–Trinajstić information content (AvgIpc) is 2.19. The van der Waals surface area contributed by atoms with Gasteiger partial charge in [-0.05, 0) is 18.6 Å². The van der Waals surface area contributed by atoms with Crippen LogP contribution in [0.2, 0.25) is 5.02 Å². The molecule has 0 aliphatic heterocycles. The maximum absolute atomic E-state index is 7.28. The van der Waals surface area contributed by atoms with Gasteiger partial charge in [-0.1, -0.05) is 30.7 Å². The number of hydrogen-bond acceptors (Lipinski definition) is 2. The van der Waals surface area contributed by atoms with Crippen molar-refractivity contribution in [1.82, 2.24) is 0 Å². The highest BCUT2D eigenvalue weighted by molar-refractivity contribution is 8.00. The summed E-state index contributed by atoms with van der Waals surface area (Å²) in [6, 6.07) is 7.76. The number of thioether (sulfide) groups is 1. The van der Waals surface area contributed by atoms with Crippen molar-refractivity contribution < 1.29 is 0 Å². The van der Waals surface area contributed by atoms with Gasteiger partial charge in [-0.15, -0.1) is 11.8 Å². The van der Waals surface area contributed by atoms with E-state index in [-0.39, 0.29) is 5.84 Å². The molecule has 0 amide bonds. The molecule has 0 spiro atoms. The Morgan fingerprint density at radius 2 is 2.20 bits per heavy atom. The Hall–Kier alpha value is -0.670. The van der Waals surface area contributed by atoms with Gasteiger partial charge in [0.2, 0.25) is 0 Å². The lowest BCUT2D eigenvalue weighted by atomic mass is 10.2. The molecule has 0 aromatic heterocycles. The van der Waals surface area contributed by atoms with Crippen LogP contribution in [0.4, 0.5) is 0 Å². The summed E-state index contributed by atoms with van der Waals surface area (Å²) in [4.78, 5) is 1.06. The van der Waals surface area contributed by atoms with Crippen LogP contribution < -0.4 is 5.73 Å². The highest BCUT2D eigenvalue weighted by Gasteiger charge is 2.11. The Bertz CT molecular complexity index is 341. The summed E-state index contributed by atoms with van der Waals surface area (Å²) < 4.78 is 0. The zero-order valence-electron chi connectivity index (χ0n) is 8.66. The van der Waals surface area contributed by atoms with Crippen molar-refractivity contribution in [3.05, 3.63) is 29.3 Å². The van der Waals surface area contributed by atoms with Crippen LogP contribution >= 0.6 is 23.4 Å². The van der Waals surface area contributed by atoms with Crippen LogP contribution in [-0.4, -0.2) is 11.1 Å². The van der Waals surface area contributed by atoms with E-state index >= 15 is 0 Å².